The van der Waals surface area contributed by atoms with Crippen molar-refractivity contribution < 1.29 is 13.2 Å². The maximum Gasteiger partial charge on any atom is 0.261 e. The van der Waals surface area contributed by atoms with E-state index in [4.69, 9.17) is 4.74 Å². The molecule has 25 heavy (non-hydrogen) atoms. The number of methoxy groups -OCH3 is 1. The Morgan fingerprint density at radius 1 is 0.880 bits per heavy atom. The number of nitrogens with one attached hydrogen (secondary N) is 1. The van der Waals surface area contributed by atoms with Gasteiger partial charge in [0.05, 0.1) is 17.7 Å². The molecular weight excluding hydrogens is 334 g/mol. The van der Waals surface area contributed by atoms with Crippen molar-refractivity contribution in [2.75, 3.05) is 11.8 Å². The zero-order valence-corrected chi connectivity index (χ0v) is 14.9. The van der Waals surface area contributed by atoms with Gasteiger partial charge in [-0.1, -0.05) is 48.0 Å². The fourth-order valence-electron chi connectivity index (χ4n) is 2.54. The molecule has 0 saturated heterocycles. The molecule has 0 unspecified atom stereocenters. The Balaban J connectivity index is 1.92. The van der Waals surface area contributed by atoms with Crippen LogP contribution < -0.4 is 9.46 Å². The molecule has 4 nitrogen and oxygen atoms in total. The van der Waals surface area contributed by atoms with Crippen LogP contribution in [0.25, 0.3) is 11.1 Å². The van der Waals surface area contributed by atoms with E-state index in [1.165, 1.54) is 0 Å². The molecule has 0 atom stereocenters. The zero-order valence-electron chi connectivity index (χ0n) is 14.1. The minimum Gasteiger partial charge on any atom is -0.496 e. The van der Waals surface area contributed by atoms with E-state index in [1.807, 2.05) is 43.3 Å². The third-order valence-electron chi connectivity index (χ3n) is 3.87. The van der Waals surface area contributed by atoms with E-state index in [2.05, 4.69) is 4.72 Å². The second-order valence-electron chi connectivity index (χ2n) is 5.70. The van der Waals surface area contributed by atoms with Gasteiger partial charge in [-0.05, 0) is 36.8 Å². The van der Waals surface area contributed by atoms with Crippen LogP contribution >= 0.6 is 0 Å². The Morgan fingerprint density at radius 2 is 1.56 bits per heavy atom. The van der Waals surface area contributed by atoms with Crippen molar-refractivity contribution in [3.63, 3.8) is 0 Å². The molecular formula is C20H19NO3S. The highest BCUT2D eigenvalue weighted by Gasteiger charge is 2.15. The van der Waals surface area contributed by atoms with Gasteiger partial charge in [-0.25, -0.2) is 8.42 Å². The van der Waals surface area contributed by atoms with Crippen LogP contribution in [0.2, 0.25) is 0 Å². The SMILES string of the molecule is COc1cc(NS(=O)(=O)c2ccc(C)cc2)ccc1-c1ccccc1. The van der Waals surface area contributed by atoms with Gasteiger partial charge in [0.25, 0.3) is 10.0 Å². The average Bonchev–Trinajstić information content (AvgIpc) is 2.62. The van der Waals surface area contributed by atoms with E-state index < -0.39 is 10.0 Å². The molecule has 0 heterocycles. The predicted molar refractivity (Wildman–Crippen MR) is 100 cm³/mol. The van der Waals surface area contributed by atoms with Crippen molar-refractivity contribution in [2.24, 2.45) is 0 Å². The molecule has 0 aliphatic heterocycles. The third kappa shape index (κ3) is 3.83. The summed E-state index contributed by atoms with van der Waals surface area (Å²) in [6.07, 6.45) is 0. The minimum absolute atomic E-state index is 0.226. The average molecular weight is 353 g/mol. The molecule has 0 spiro atoms. The number of benzene rings is 3. The van der Waals surface area contributed by atoms with Crippen LogP contribution in [0.15, 0.2) is 77.7 Å². The molecule has 128 valence electrons. The first-order chi connectivity index (χ1) is 12.0. The molecule has 0 aromatic heterocycles. The molecule has 0 radical (unpaired) electrons. The second-order valence-corrected chi connectivity index (χ2v) is 7.38. The van der Waals surface area contributed by atoms with Gasteiger partial charge in [-0.2, -0.15) is 0 Å². The van der Waals surface area contributed by atoms with Gasteiger partial charge in [-0.3, -0.25) is 4.72 Å². The van der Waals surface area contributed by atoms with E-state index in [0.717, 1.165) is 16.7 Å². The van der Waals surface area contributed by atoms with Crippen molar-refractivity contribution in [1.29, 1.82) is 0 Å². The lowest BCUT2D eigenvalue weighted by Crippen LogP contribution is -2.13. The summed E-state index contributed by atoms with van der Waals surface area (Å²) in [6, 6.07) is 21.8. The van der Waals surface area contributed by atoms with E-state index in [0.29, 0.717) is 11.4 Å². The van der Waals surface area contributed by atoms with Crippen molar-refractivity contribution in [3.8, 4) is 16.9 Å². The van der Waals surface area contributed by atoms with Crippen LogP contribution in [0.3, 0.4) is 0 Å². The molecule has 0 aliphatic carbocycles. The van der Waals surface area contributed by atoms with Crippen LogP contribution in [0.1, 0.15) is 5.56 Å². The third-order valence-corrected chi connectivity index (χ3v) is 5.27. The highest BCUT2D eigenvalue weighted by atomic mass is 32.2. The van der Waals surface area contributed by atoms with Crippen molar-refractivity contribution in [1.82, 2.24) is 0 Å². The number of sulfonamides is 1. The first-order valence-corrected chi connectivity index (χ1v) is 9.31. The van der Waals surface area contributed by atoms with Gasteiger partial charge in [0.15, 0.2) is 0 Å². The molecule has 3 rings (SSSR count). The highest BCUT2D eigenvalue weighted by molar-refractivity contribution is 7.92. The second kappa shape index (κ2) is 6.99. The predicted octanol–water partition coefficient (Wildman–Crippen LogP) is 4.47. The number of rotatable bonds is 5. The van der Waals surface area contributed by atoms with E-state index >= 15 is 0 Å². The number of hydrogen-bond acceptors (Lipinski definition) is 3. The Labute approximate surface area is 148 Å². The quantitative estimate of drug-likeness (QED) is 0.736. The van der Waals surface area contributed by atoms with Gasteiger partial charge in [0, 0.05) is 11.6 Å². The minimum atomic E-state index is -3.64. The smallest absolute Gasteiger partial charge is 0.261 e. The molecule has 1 N–H and O–H groups in total. The monoisotopic (exact) mass is 353 g/mol. The highest BCUT2D eigenvalue weighted by Crippen LogP contribution is 2.33. The lowest BCUT2D eigenvalue weighted by molar-refractivity contribution is 0.416. The topological polar surface area (TPSA) is 55.4 Å². The molecule has 3 aromatic carbocycles. The molecule has 3 aromatic rings. The fraction of sp³-hybridized carbons (Fsp3) is 0.100. The van der Waals surface area contributed by atoms with Crippen molar-refractivity contribution in [3.05, 3.63) is 78.4 Å². The summed E-state index contributed by atoms with van der Waals surface area (Å²) in [5.41, 5.74) is 3.37. The molecule has 0 bridgehead atoms. The Hall–Kier alpha value is -2.79. The zero-order chi connectivity index (χ0) is 17.9. The van der Waals surface area contributed by atoms with Gasteiger partial charge in [0.2, 0.25) is 0 Å². The Kier molecular flexibility index (Phi) is 4.76. The number of hydrogen-bond donors (Lipinski definition) is 1. The number of ether oxygens (including phenoxy) is 1. The van der Waals surface area contributed by atoms with Crippen molar-refractivity contribution in [2.45, 2.75) is 11.8 Å². The van der Waals surface area contributed by atoms with E-state index in [-0.39, 0.29) is 4.90 Å². The molecule has 0 amide bonds. The molecule has 0 saturated carbocycles. The maximum atomic E-state index is 12.5. The lowest BCUT2D eigenvalue weighted by atomic mass is 10.0. The summed E-state index contributed by atoms with van der Waals surface area (Å²) in [4.78, 5) is 0.226. The number of aryl methyl sites for hydroxylation is 1. The van der Waals surface area contributed by atoms with Crippen LogP contribution in [-0.2, 0) is 10.0 Å². The largest absolute Gasteiger partial charge is 0.496 e. The van der Waals surface area contributed by atoms with Crippen molar-refractivity contribution >= 4 is 15.7 Å². The normalized spacial score (nSPS) is 11.1. The van der Waals surface area contributed by atoms with Crippen LogP contribution in [0, 0.1) is 6.92 Å². The van der Waals surface area contributed by atoms with Gasteiger partial charge in [-0.15, -0.1) is 0 Å². The summed E-state index contributed by atoms with van der Waals surface area (Å²) in [7, 11) is -2.07. The van der Waals surface area contributed by atoms with Crippen LogP contribution in [0.5, 0.6) is 5.75 Å². The fourth-order valence-corrected chi connectivity index (χ4v) is 3.59. The van der Waals surface area contributed by atoms with Gasteiger partial charge in [0.1, 0.15) is 5.75 Å². The van der Waals surface area contributed by atoms with Gasteiger partial charge >= 0.3 is 0 Å². The summed E-state index contributed by atoms with van der Waals surface area (Å²) < 4.78 is 33.1. The first-order valence-electron chi connectivity index (χ1n) is 7.82. The molecule has 5 heteroatoms. The molecule has 0 aliphatic rings. The van der Waals surface area contributed by atoms with Crippen LogP contribution in [0.4, 0.5) is 5.69 Å². The standard InChI is InChI=1S/C20H19NO3S/c1-15-8-11-18(12-9-15)25(22,23)21-17-10-13-19(20(14-17)24-2)16-6-4-3-5-7-16/h3-14,21H,1-2H3. The van der Waals surface area contributed by atoms with Gasteiger partial charge < -0.3 is 4.74 Å². The summed E-state index contributed by atoms with van der Waals surface area (Å²) in [6.45, 7) is 1.91. The summed E-state index contributed by atoms with van der Waals surface area (Å²) in [5.74, 6) is 0.607. The Bertz CT molecular complexity index is 966. The summed E-state index contributed by atoms with van der Waals surface area (Å²) in [5, 5.41) is 0. The first kappa shape index (κ1) is 17.0. The van der Waals surface area contributed by atoms with E-state index in [9.17, 15) is 8.42 Å². The Morgan fingerprint density at radius 3 is 2.20 bits per heavy atom. The maximum absolute atomic E-state index is 12.5. The molecule has 0 fully saturated rings. The summed E-state index contributed by atoms with van der Waals surface area (Å²) >= 11 is 0. The van der Waals surface area contributed by atoms with E-state index in [1.54, 1.807) is 43.5 Å². The van der Waals surface area contributed by atoms with Crippen LogP contribution in [-0.4, -0.2) is 15.5 Å². The number of anilines is 1. The lowest BCUT2D eigenvalue weighted by Gasteiger charge is -2.13.